The highest BCUT2D eigenvalue weighted by atomic mass is 79.9. The zero-order valence-electron chi connectivity index (χ0n) is 10.2. The molecule has 0 unspecified atom stereocenters. The molecular formula is C13H20BrNO. The second-order valence-electron chi connectivity index (χ2n) is 4.77. The molecule has 0 aliphatic heterocycles. The van der Waals surface area contributed by atoms with Crippen molar-refractivity contribution >= 4 is 15.9 Å². The van der Waals surface area contributed by atoms with E-state index in [4.69, 9.17) is 4.74 Å². The van der Waals surface area contributed by atoms with Gasteiger partial charge in [-0.3, -0.25) is 0 Å². The molecular weight excluding hydrogens is 266 g/mol. The number of nitrogens with one attached hydrogen (secondary N) is 1. The molecule has 0 radical (unpaired) electrons. The van der Waals surface area contributed by atoms with Crippen molar-refractivity contribution in [3.8, 4) is 0 Å². The lowest BCUT2D eigenvalue weighted by atomic mass is 10.2. The molecule has 90 valence electrons. The molecule has 1 N–H and O–H groups in total. The van der Waals surface area contributed by atoms with Crippen LogP contribution in [0.5, 0.6) is 0 Å². The molecule has 0 aliphatic carbocycles. The van der Waals surface area contributed by atoms with E-state index in [-0.39, 0.29) is 5.60 Å². The quantitative estimate of drug-likeness (QED) is 0.838. The fraction of sp³-hybridized carbons (Fsp3) is 0.538. The summed E-state index contributed by atoms with van der Waals surface area (Å²) in [7, 11) is 0. The maximum Gasteiger partial charge on any atom is 0.0599 e. The maximum atomic E-state index is 5.62. The average Bonchev–Trinajstić information content (AvgIpc) is 2.15. The van der Waals surface area contributed by atoms with Crippen LogP contribution in [0.3, 0.4) is 0 Å². The van der Waals surface area contributed by atoms with Crippen molar-refractivity contribution in [1.29, 1.82) is 0 Å². The van der Waals surface area contributed by atoms with E-state index in [1.54, 1.807) is 0 Å². The van der Waals surface area contributed by atoms with E-state index in [1.165, 1.54) is 5.56 Å². The second kappa shape index (κ2) is 6.38. The van der Waals surface area contributed by atoms with Crippen LogP contribution in [-0.2, 0) is 11.3 Å². The molecule has 0 fully saturated rings. The molecule has 16 heavy (non-hydrogen) atoms. The van der Waals surface area contributed by atoms with Crippen molar-refractivity contribution < 1.29 is 4.74 Å². The van der Waals surface area contributed by atoms with Crippen molar-refractivity contribution in [1.82, 2.24) is 5.32 Å². The van der Waals surface area contributed by atoms with Crippen LogP contribution >= 0.6 is 15.9 Å². The number of halogens is 1. The standard InChI is InChI=1S/C13H20BrNO/c1-13(2,3)16-8-7-15-10-11-5-4-6-12(14)9-11/h4-6,9,15H,7-8,10H2,1-3H3. The molecule has 3 heteroatoms. The van der Waals surface area contributed by atoms with Gasteiger partial charge in [-0.05, 0) is 38.5 Å². The number of ether oxygens (including phenoxy) is 1. The van der Waals surface area contributed by atoms with Crippen LogP contribution in [0.2, 0.25) is 0 Å². The Kier molecular flexibility index (Phi) is 5.46. The highest BCUT2D eigenvalue weighted by Gasteiger charge is 2.08. The van der Waals surface area contributed by atoms with Crippen molar-refractivity contribution in [3.63, 3.8) is 0 Å². The minimum atomic E-state index is -0.0442. The van der Waals surface area contributed by atoms with E-state index in [2.05, 4.69) is 54.2 Å². The lowest BCUT2D eigenvalue weighted by molar-refractivity contribution is -0.000885. The lowest BCUT2D eigenvalue weighted by Gasteiger charge is -2.19. The molecule has 0 amide bonds. The summed E-state index contributed by atoms with van der Waals surface area (Å²) in [5.41, 5.74) is 1.24. The highest BCUT2D eigenvalue weighted by Crippen LogP contribution is 2.11. The fourth-order valence-corrected chi connectivity index (χ4v) is 1.76. The Hall–Kier alpha value is -0.380. The van der Waals surface area contributed by atoms with Gasteiger partial charge >= 0.3 is 0 Å². The summed E-state index contributed by atoms with van der Waals surface area (Å²) in [5.74, 6) is 0. The predicted molar refractivity (Wildman–Crippen MR) is 71.6 cm³/mol. The van der Waals surface area contributed by atoms with Crippen LogP contribution in [0.15, 0.2) is 28.7 Å². The minimum absolute atomic E-state index is 0.0442. The monoisotopic (exact) mass is 285 g/mol. The maximum absolute atomic E-state index is 5.62. The molecule has 0 atom stereocenters. The molecule has 0 spiro atoms. The molecule has 0 saturated heterocycles. The zero-order chi connectivity index (χ0) is 12.0. The molecule has 0 aromatic heterocycles. The summed E-state index contributed by atoms with van der Waals surface area (Å²) in [4.78, 5) is 0. The smallest absolute Gasteiger partial charge is 0.0599 e. The fourth-order valence-electron chi connectivity index (χ4n) is 1.31. The van der Waals surface area contributed by atoms with Gasteiger partial charge in [-0.1, -0.05) is 28.1 Å². The third-order valence-corrected chi connectivity index (χ3v) is 2.53. The van der Waals surface area contributed by atoms with Crippen LogP contribution in [0, 0.1) is 0 Å². The molecule has 0 aliphatic rings. The Morgan fingerprint density at radius 3 is 2.69 bits per heavy atom. The Morgan fingerprint density at radius 1 is 1.31 bits per heavy atom. The van der Waals surface area contributed by atoms with Crippen LogP contribution in [0.25, 0.3) is 0 Å². The van der Waals surface area contributed by atoms with E-state index >= 15 is 0 Å². The van der Waals surface area contributed by atoms with Gasteiger partial charge in [0, 0.05) is 17.6 Å². The van der Waals surface area contributed by atoms with Crippen molar-refractivity contribution in [3.05, 3.63) is 34.3 Å². The van der Waals surface area contributed by atoms with E-state index in [0.29, 0.717) is 0 Å². The lowest BCUT2D eigenvalue weighted by Crippen LogP contribution is -2.26. The van der Waals surface area contributed by atoms with Gasteiger partial charge in [-0.15, -0.1) is 0 Å². The predicted octanol–water partition coefficient (Wildman–Crippen LogP) is 3.35. The Balaban J connectivity index is 2.17. The first-order valence-corrected chi connectivity index (χ1v) is 6.36. The third kappa shape index (κ3) is 6.26. The topological polar surface area (TPSA) is 21.3 Å². The molecule has 1 aromatic rings. The number of hydrogen-bond acceptors (Lipinski definition) is 2. The van der Waals surface area contributed by atoms with Crippen LogP contribution in [0.1, 0.15) is 26.3 Å². The van der Waals surface area contributed by atoms with Gasteiger partial charge in [0.15, 0.2) is 0 Å². The number of hydrogen-bond donors (Lipinski definition) is 1. The summed E-state index contributed by atoms with van der Waals surface area (Å²) in [6, 6.07) is 8.32. The first-order valence-electron chi connectivity index (χ1n) is 5.56. The van der Waals surface area contributed by atoms with E-state index < -0.39 is 0 Å². The molecule has 0 heterocycles. The van der Waals surface area contributed by atoms with Gasteiger partial charge in [-0.25, -0.2) is 0 Å². The molecule has 1 aromatic carbocycles. The SMILES string of the molecule is CC(C)(C)OCCNCc1cccc(Br)c1. The van der Waals surface area contributed by atoms with Crippen LogP contribution in [-0.4, -0.2) is 18.8 Å². The van der Waals surface area contributed by atoms with E-state index in [9.17, 15) is 0 Å². The van der Waals surface area contributed by atoms with Crippen LogP contribution < -0.4 is 5.32 Å². The van der Waals surface area contributed by atoms with Gasteiger partial charge < -0.3 is 10.1 Å². The normalized spacial score (nSPS) is 11.8. The van der Waals surface area contributed by atoms with Gasteiger partial charge in [0.1, 0.15) is 0 Å². The Bertz CT molecular complexity index is 320. The zero-order valence-corrected chi connectivity index (χ0v) is 11.8. The van der Waals surface area contributed by atoms with E-state index in [1.807, 2.05) is 12.1 Å². The van der Waals surface area contributed by atoms with Gasteiger partial charge in [0.2, 0.25) is 0 Å². The van der Waals surface area contributed by atoms with Crippen molar-refractivity contribution in [2.24, 2.45) is 0 Å². The third-order valence-electron chi connectivity index (χ3n) is 2.03. The Labute approximate surface area is 107 Å². The van der Waals surface area contributed by atoms with Crippen LogP contribution in [0.4, 0.5) is 0 Å². The van der Waals surface area contributed by atoms with Gasteiger partial charge in [-0.2, -0.15) is 0 Å². The van der Waals surface area contributed by atoms with E-state index in [0.717, 1.165) is 24.2 Å². The van der Waals surface area contributed by atoms with Gasteiger partial charge in [0.05, 0.1) is 12.2 Å². The number of rotatable bonds is 5. The largest absolute Gasteiger partial charge is 0.375 e. The minimum Gasteiger partial charge on any atom is -0.375 e. The summed E-state index contributed by atoms with van der Waals surface area (Å²) < 4.78 is 6.74. The molecule has 0 saturated carbocycles. The molecule has 2 nitrogen and oxygen atoms in total. The summed E-state index contributed by atoms with van der Waals surface area (Å²) in [6.45, 7) is 8.72. The Morgan fingerprint density at radius 2 is 2.06 bits per heavy atom. The molecule has 0 bridgehead atoms. The summed E-state index contributed by atoms with van der Waals surface area (Å²) in [5, 5.41) is 3.36. The van der Waals surface area contributed by atoms with Crippen molar-refractivity contribution in [2.45, 2.75) is 32.9 Å². The second-order valence-corrected chi connectivity index (χ2v) is 5.68. The average molecular weight is 286 g/mol. The van der Waals surface area contributed by atoms with Gasteiger partial charge in [0.25, 0.3) is 0 Å². The highest BCUT2D eigenvalue weighted by molar-refractivity contribution is 9.10. The summed E-state index contributed by atoms with van der Waals surface area (Å²) >= 11 is 3.46. The first-order chi connectivity index (χ1) is 7.47. The number of benzene rings is 1. The first kappa shape index (κ1) is 13.7. The molecule has 1 rings (SSSR count). The van der Waals surface area contributed by atoms with Crippen molar-refractivity contribution in [2.75, 3.05) is 13.2 Å². The summed E-state index contributed by atoms with van der Waals surface area (Å²) in [6.07, 6.45) is 0.